The number of para-hydroxylation sites is 1. The molecule has 0 radical (unpaired) electrons. The number of amides is 1. The number of carbonyl (C=O) groups excluding carboxylic acids is 1. The Morgan fingerprint density at radius 2 is 1.74 bits per heavy atom. The van der Waals surface area contributed by atoms with E-state index >= 15 is 0 Å². The minimum absolute atomic E-state index is 0.0831. The first kappa shape index (κ1) is 20.9. The fourth-order valence-electron chi connectivity index (χ4n) is 3.88. The van der Waals surface area contributed by atoms with E-state index in [-0.39, 0.29) is 10.8 Å². The predicted octanol–water partition coefficient (Wildman–Crippen LogP) is 4.03. The van der Waals surface area contributed by atoms with E-state index in [4.69, 9.17) is 4.74 Å². The van der Waals surface area contributed by atoms with E-state index in [1.54, 1.807) is 35.2 Å². The topological polar surface area (TPSA) is 66.9 Å². The SMILES string of the molecule is COc1ccc(S(=O)(=O)N(C)c2ccc(C(=O)N3CCc4ccccc43)cc2C)cc1. The molecule has 0 bridgehead atoms. The van der Waals surface area contributed by atoms with Crippen molar-refractivity contribution in [2.24, 2.45) is 0 Å². The van der Waals surface area contributed by atoms with Crippen molar-refractivity contribution in [3.63, 3.8) is 0 Å². The van der Waals surface area contributed by atoms with Gasteiger partial charge >= 0.3 is 0 Å². The number of nitrogens with zero attached hydrogens (tertiary/aromatic N) is 2. The first-order chi connectivity index (χ1) is 14.8. The highest BCUT2D eigenvalue weighted by atomic mass is 32.2. The fourth-order valence-corrected chi connectivity index (χ4v) is 5.14. The Bertz CT molecular complexity index is 1240. The Balaban J connectivity index is 1.60. The summed E-state index contributed by atoms with van der Waals surface area (Å²) in [5, 5.41) is 0. The monoisotopic (exact) mass is 436 g/mol. The molecule has 7 heteroatoms. The summed E-state index contributed by atoms with van der Waals surface area (Å²) in [6, 6.07) is 19.3. The van der Waals surface area contributed by atoms with Crippen LogP contribution < -0.4 is 13.9 Å². The lowest BCUT2D eigenvalue weighted by molar-refractivity contribution is 0.0989. The van der Waals surface area contributed by atoms with Gasteiger partial charge in [0.05, 0.1) is 17.7 Å². The number of aryl methyl sites for hydroxylation is 1. The number of hydrogen-bond donors (Lipinski definition) is 0. The lowest BCUT2D eigenvalue weighted by atomic mass is 10.1. The molecule has 0 saturated heterocycles. The van der Waals surface area contributed by atoms with Gasteiger partial charge in [-0.25, -0.2) is 8.42 Å². The number of benzene rings is 3. The summed E-state index contributed by atoms with van der Waals surface area (Å²) < 4.78 is 32.5. The van der Waals surface area contributed by atoms with Gasteiger partial charge in [0.1, 0.15) is 5.75 Å². The van der Waals surface area contributed by atoms with Crippen LogP contribution in [0.15, 0.2) is 71.6 Å². The summed E-state index contributed by atoms with van der Waals surface area (Å²) >= 11 is 0. The second-order valence-corrected chi connectivity index (χ2v) is 9.45. The molecule has 0 fully saturated rings. The van der Waals surface area contributed by atoms with Gasteiger partial charge in [-0.2, -0.15) is 0 Å². The largest absolute Gasteiger partial charge is 0.497 e. The maximum atomic E-state index is 13.1. The number of carbonyl (C=O) groups is 1. The zero-order chi connectivity index (χ0) is 22.2. The number of hydrogen-bond acceptors (Lipinski definition) is 4. The van der Waals surface area contributed by atoms with E-state index in [1.165, 1.54) is 30.6 Å². The van der Waals surface area contributed by atoms with Crippen LogP contribution in [0.25, 0.3) is 0 Å². The summed E-state index contributed by atoms with van der Waals surface area (Å²) in [4.78, 5) is 15.1. The quantitative estimate of drug-likeness (QED) is 0.606. The van der Waals surface area contributed by atoms with Crippen LogP contribution in [0.3, 0.4) is 0 Å². The molecule has 6 nitrogen and oxygen atoms in total. The zero-order valence-corrected chi connectivity index (χ0v) is 18.5. The summed E-state index contributed by atoms with van der Waals surface area (Å²) in [5.41, 5.74) is 3.86. The highest BCUT2D eigenvalue weighted by molar-refractivity contribution is 7.92. The van der Waals surface area contributed by atoms with Crippen LogP contribution in [0.4, 0.5) is 11.4 Å². The first-order valence-corrected chi connectivity index (χ1v) is 11.4. The Labute approximate surface area is 182 Å². The van der Waals surface area contributed by atoms with Crippen molar-refractivity contribution in [3.8, 4) is 5.75 Å². The summed E-state index contributed by atoms with van der Waals surface area (Å²) in [6.45, 7) is 2.45. The number of ether oxygens (including phenoxy) is 1. The molecule has 4 rings (SSSR count). The lowest BCUT2D eigenvalue weighted by Gasteiger charge is -2.23. The average molecular weight is 437 g/mol. The summed E-state index contributed by atoms with van der Waals surface area (Å²) in [7, 11) is -0.701. The van der Waals surface area contributed by atoms with Crippen LogP contribution in [0.1, 0.15) is 21.5 Å². The Kier molecular flexibility index (Phi) is 5.45. The van der Waals surface area contributed by atoms with Crippen molar-refractivity contribution in [1.82, 2.24) is 0 Å². The molecule has 3 aromatic carbocycles. The van der Waals surface area contributed by atoms with E-state index in [2.05, 4.69) is 0 Å². The maximum Gasteiger partial charge on any atom is 0.264 e. The second kappa shape index (κ2) is 8.07. The molecule has 1 aliphatic rings. The minimum atomic E-state index is -3.75. The molecule has 0 saturated carbocycles. The van der Waals surface area contributed by atoms with Crippen molar-refractivity contribution < 1.29 is 17.9 Å². The number of fused-ring (bicyclic) bond motifs is 1. The number of rotatable bonds is 5. The van der Waals surface area contributed by atoms with E-state index < -0.39 is 10.0 Å². The molecule has 0 aliphatic carbocycles. The summed E-state index contributed by atoms with van der Waals surface area (Å²) in [5.74, 6) is 0.504. The molecule has 1 aliphatic heterocycles. The molecule has 0 aromatic heterocycles. The van der Waals surface area contributed by atoms with Gasteiger partial charge in [-0.15, -0.1) is 0 Å². The van der Waals surface area contributed by atoms with Crippen LogP contribution in [0.2, 0.25) is 0 Å². The summed E-state index contributed by atoms with van der Waals surface area (Å²) in [6.07, 6.45) is 0.835. The molecule has 1 amide bonds. The normalized spacial score (nSPS) is 13.1. The highest BCUT2D eigenvalue weighted by Gasteiger charge is 2.27. The molecule has 0 N–H and O–H groups in total. The fraction of sp³-hybridized carbons (Fsp3) is 0.208. The zero-order valence-electron chi connectivity index (χ0n) is 17.7. The Morgan fingerprint density at radius 3 is 2.42 bits per heavy atom. The van der Waals surface area contributed by atoms with Crippen molar-refractivity contribution in [3.05, 3.63) is 83.4 Å². The van der Waals surface area contributed by atoms with Crippen LogP contribution in [-0.2, 0) is 16.4 Å². The Morgan fingerprint density at radius 1 is 1.03 bits per heavy atom. The Hall–Kier alpha value is -3.32. The van der Waals surface area contributed by atoms with Crippen molar-refractivity contribution >= 4 is 27.3 Å². The molecule has 1 heterocycles. The van der Waals surface area contributed by atoms with Gasteiger partial charge in [-0.3, -0.25) is 9.10 Å². The molecule has 31 heavy (non-hydrogen) atoms. The van der Waals surface area contributed by atoms with Crippen LogP contribution >= 0.6 is 0 Å². The molecule has 160 valence electrons. The third kappa shape index (κ3) is 3.77. The molecular weight excluding hydrogens is 412 g/mol. The van der Waals surface area contributed by atoms with E-state index in [1.807, 2.05) is 31.2 Å². The van der Waals surface area contributed by atoms with Gasteiger partial charge in [-0.1, -0.05) is 18.2 Å². The highest BCUT2D eigenvalue weighted by Crippen LogP contribution is 2.31. The number of sulfonamides is 1. The van der Waals surface area contributed by atoms with Gasteiger partial charge in [-0.05, 0) is 73.0 Å². The van der Waals surface area contributed by atoms with E-state index in [0.717, 1.165) is 17.7 Å². The van der Waals surface area contributed by atoms with Crippen LogP contribution in [0.5, 0.6) is 5.75 Å². The molecule has 0 unspecified atom stereocenters. The van der Waals surface area contributed by atoms with Gasteiger partial charge in [0.2, 0.25) is 0 Å². The molecular formula is C24H24N2O4S. The van der Waals surface area contributed by atoms with Gasteiger partial charge < -0.3 is 9.64 Å². The van der Waals surface area contributed by atoms with Crippen LogP contribution in [0, 0.1) is 6.92 Å². The molecule has 0 spiro atoms. The van der Waals surface area contributed by atoms with Gasteiger partial charge in [0.15, 0.2) is 0 Å². The standard InChI is InChI=1S/C24H24N2O4S/c1-17-16-19(24(27)26-15-14-18-6-4-5-7-23(18)26)8-13-22(17)25(2)31(28,29)21-11-9-20(30-3)10-12-21/h4-13,16H,14-15H2,1-3H3. The molecule has 3 aromatic rings. The smallest absolute Gasteiger partial charge is 0.264 e. The third-order valence-corrected chi connectivity index (χ3v) is 7.42. The number of methoxy groups -OCH3 is 1. The number of anilines is 2. The average Bonchev–Trinajstić information content (AvgIpc) is 3.22. The van der Waals surface area contributed by atoms with Gasteiger partial charge in [0.25, 0.3) is 15.9 Å². The van der Waals surface area contributed by atoms with Crippen LogP contribution in [-0.4, -0.2) is 35.0 Å². The maximum absolute atomic E-state index is 13.1. The van der Waals surface area contributed by atoms with Crippen molar-refractivity contribution in [1.29, 1.82) is 0 Å². The van der Waals surface area contributed by atoms with E-state index in [0.29, 0.717) is 29.1 Å². The minimum Gasteiger partial charge on any atom is -0.497 e. The lowest BCUT2D eigenvalue weighted by Crippen LogP contribution is -2.30. The van der Waals surface area contributed by atoms with E-state index in [9.17, 15) is 13.2 Å². The first-order valence-electron chi connectivity index (χ1n) is 9.96. The predicted molar refractivity (Wildman–Crippen MR) is 122 cm³/mol. The molecule has 0 atom stereocenters. The van der Waals surface area contributed by atoms with Gasteiger partial charge in [0, 0.05) is 24.8 Å². The van der Waals surface area contributed by atoms with Crippen molar-refractivity contribution in [2.75, 3.05) is 29.9 Å². The van der Waals surface area contributed by atoms with Crippen molar-refractivity contribution in [2.45, 2.75) is 18.2 Å². The third-order valence-electron chi connectivity index (χ3n) is 5.63. The second-order valence-electron chi connectivity index (χ2n) is 7.48.